The van der Waals surface area contributed by atoms with Gasteiger partial charge in [-0.25, -0.2) is 0 Å². The van der Waals surface area contributed by atoms with Crippen LogP contribution in [0.2, 0.25) is 0 Å². The molecule has 2 heterocycles. The van der Waals surface area contributed by atoms with E-state index in [1.807, 2.05) is 0 Å². The monoisotopic (exact) mass is 553 g/mol. The van der Waals surface area contributed by atoms with Crippen molar-refractivity contribution in [3.05, 3.63) is 163 Å². The zero-order valence-electron chi connectivity index (χ0n) is 24.3. The van der Waals surface area contributed by atoms with Gasteiger partial charge in [0.2, 0.25) is 0 Å². The molecule has 2 aromatic heterocycles. The first-order valence-electron chi connectivity index (χ1n) is 14.8. The number of aromatic nitrogens is 2. The Kier molecular flexibility index (Phi) is 5.90. The number of fused-ring (bicyclic) bond motifs is 4. The molecule has 0 spiro atoms. The van der Waals surface area contributed by atoms with Gasteiger partial charge in [-0.2, -0.15) is 0 Å². The Morgan fingerprint density at radius 3 is 1.67 bits per heavy atom. The molecule has 206 valence electrons. The van der Waals surface area contributed by atoms with E-state index in [1.165, 1.54) is 49.5 Å². The normalized spacial score (nSPS) is 11.5. The molecular formula is C40H31N3. The Hall–Kier alpha value is -5.54. The number of hydrogen-bond acceptors (Lipinski definition) is 1. The minimum absolute atomic E-state index is 1.12. The third kappa shape index (κ3) is 4.29. The SMILES string of the molecule is Cc1ccc(N(c2ccc(C)cc2)c2ccc(-n3c4ccccc4c4cc5c(ccn5-c5ccccc5)cc43)cc2)cc1. The minimum Gasteiger partial charge on any atom is -0.317 e. The molecule has 0 radical (unpaired) electrons. The molecule has 0 amide bonds. The maximum absolute atomic E-state index is 2.40. The van der Waals surface area contributed by atoms with Crippen LogP contribution in [0.4, 0.5) is 17.1 Å². The third-order valence-corrected chi connectivity index (χ3v) is 8.47. The van der Waals surface area contributed by atoms with Gasteiger partial charge in [-0.1, -0.05) is 71.8 Å². The maximum atomic E-state index is 2.40. The molecule has 0 fully saturated rings. The number of nitrogens with zero attached hydrogens (tertiary/aromatic N) is 3. The fourth-order valence-corrected chi connectivity index (χ4v) is 6.27. The summed E-state index contributed by atoms with van der Waals surface area (Å²) >= 11 is 0. The van der Waals surface area contributed by atoms with E-state index < -0.39 is 0 Å². The Morgan fingerprint density at radius 2 is 1.02 bits per heavy atom. The first kappa shape index (κ1) is 25.2. The van der Waals surface area contributed by atoms with E-state index in [1.54, 1.807) is 0 Å². The summed E-state index contributed by atoms with van der Waals surface area (Å²) in [5.41, 5.74) is 11.9. The van der Waals surface area contributed by atoms with Crippen LogP contribution in [0.25, 0.3) is 44.1 Å². The van der Waals surface area contributed by atoms with Gasteiger partial charge in [0, 0.05) is 50.8 Å². The lowest BCUT2D eigenvalue weighted by atomic mass is 10.1. The topological polar surface area (TPSA) is 13.1 Å². The van der Waals surface area contributed by atoms with E-state index in [9.17, 15) is 0 Å². The van der Waals surface area contributed by atoms with Gasteiger partial charge in [0.05, 0.1) is 16.6 Å². The minimum atomic E-state index is 1.12. The predicted molar refractivity (Wildman–Crippen MR) is 182 cm³/mol. The Labute approximate surface area is 251 Å². The van der Waals surface area contributed by atoms with Crippen LogP contribution in [0.15, 0.2) is 152 Å². The van der Waals surface area contributed by atoms with Crippen LogP contribution >= 0.6 is 0 Å². The molecule has 8 aromatic rings. The van der Waals surface area contributed by atoms with Gasteiger partial charge < -0.3 is 14.0 Å². The first-order valence-corrected chi connectivity index (χ1v) is 14.8. The Balaban J connectivity index is 1.28. The van der Waals surface area contributed by atoms with Crippen molar-refractivity contribution in [1.82, 2.24) is 9.13 Å². The number of aryl methyl sites for hydroxylation is 2. The van der Waals surface area contributed by atoms with Crippen LogP contribution in [-0.4, -0.2) is 9.13 Å². The smallest absolute Gasteiger partial charge is 0.0548 e. The lowest BCUT2D eigenvalue weighted by Crippen LogP contribution is -2.10. The molecule has 0 aliphatic carbocycles. The van der Waals surface area contributed by atoms with Gasteiger partial charge >= 0.3 is 0 Å². The van der Waals surface area contributed by atoms with Gasteiger partial charge in [0.1, 0.15) is 0 Å². The Bertz CT molecular complexity index is 2170. The summed E-state index contributed by atoms with van der Waals surface area (Å²) in [6.45, 7) is 4.26. The fourth-order valence-electron chi connectivity index (χ4n) is 6.27. The zero-order valence-corrected chi connectivity index (χ0v) is 24.3. The molecule has 0 bridgehead atoms. The number of hydrogen-bond donors (Lipinski definition) is 0. The molecule has 0 aliphatic rings. The number of benzene rings is 6. The van der Waals surface area contributed by atoms with Gasteiger partial charge in [-0.15, -0.1) is 0 Å². The van der Waals surface area contributed by atoms with Crippen LogP contribution in [0, 0.1) is 13.8 Å². The van der Waals surface area contributed by atoms with Gasteiger partial charge in [0.25, 0.3) is 0 Å². The number of para-hydroxylation sites is 2. The third-order valence-electron chi connectivity index (χ3n) is 8.47. The average molecular weight is 554 g/mol. The van der Waals surface area contributed by atoms with Crippen molar-refractivity contribution in [2.24, 2.45) is 0 Å². The summed E-state index contributed by atoms with van der Waals surface area (Å²) in [4.78, 5) is 2.32. The summed E-state index contributed by atoms with van der Waals surface area (Å²) in [6.07, 6.45) is 2.17. The second kappa shape index (κ2) is 10.1. The van der Waals surface area contributed by atoms with Crippen LogP contribution in [0.5, 0.6) is 0 Å². The number of rotatable bonds is 5. The highest BCUT2D eigenvalue weighted by Crippen LogP contribution is 2.38. The van der Waals surface area contributed by atoms with Gasteiger partial charge in [-0.05, 0) is 98.8 Å². The maximum Gasteiger partial charge on any atom is 0.0548 e. The van der Waals surface area contributed by atoms with Crippen molar-refractivity contribution < 1.29 is 0 Å². The first-order chi connectivity index (χ1) is 21.1. The molecule has 3 heteroatoms. The van der Waals surface area contributed by atoms with Crippen molar-refractivity contribution in [3.63, 3.8) is 0 Å². The highest BCUT2D eigenvalue weighted by molar-refractivity contribution is 6.13. The summed E-state index contributed by atoms with van der Waals surface area (Å²) in [5.74, 6) is 0. The molecule has 43 heavy (non-hydrogen) atoms. The molecule has 0 atom stereocenters. The van der Waals surface area contributed by atoms with Crippen molar-refractivity contribution in [2.45, 2.75) is 13.8 Å². The largest absolute Gasteiger partial charge is 0.317 e. The molecule has 0 saturated heterocycles. The van der Waals surface area contributed by atoms with E-state index in [4.69, 9.17) is 0 Å². The molecule has 3 nitrogen and oxygen atoms in total. The van der Waals surface area contributed by atoms with E-state index in [-0.39, 0.29) is 0 Å². The lowest BCUT2D eigenvalue weighted by molar-refractivity contribution is 1.13. The molecule has 0 aliphatic heterocycles. The molecule has 0 saturated carbocycles. The average Bonchev–Trinajstić information content (AvgIpc) is 3.61. The van der Waals surface area contributed by atoms with Gasteiger partial charge in [0.15, 0.2) is 0 Å². The second-order valence-electron chi connectivity index (χ2n) is 11.3. The van der Waals surface area contributed by atoms with Crippen molar-refractivity contribution in [1.29, 1.82) is 0 Å². The fraction of sp³-hybridized carbons (Fsp3) is 0.0500. The lowest BCUT2D eigenvalue weighted by Gasteiger charge is -2.26. The van der Waals surface area contributed by atoms with E-state index in [0.29, 0.717) is 0 Å². The summed E-state index contributed by atoms with van der Waals surface area (Å²) < 4.78 is 4.68. The molecule has 6 aromatic carbocycles. The number of anilines is 3. The van der Waals surface area contributed by atoms with Gasteiger partial charge in [-0.3, -0.25) is 0 Å². The van der Waals surface area contributed by atoms with Crippen LogP contribution in [0.1, 0.15) is 11.1 Å². The van der Waals surface area contributed by atoms with E-state index >= 15 is 0 Å². The second-order valence-corrected chi connectivity index (χ2v) is 11.3. The van der Waals surface area contributed by atoms with Crippen molar-refractivity contribution >= 4 is 49.8 Å². The summed E-state index contributed by atoms with van der Waals surface area (Å²) in [5, 5.41) is 3.73. The summed E-state index contributed by atoms with van der Waals surface area (Å²) in [6, 6.07) is 52.6. The van der Waals surface area contributed by atoms with Crippen LogP contribution < -0.4 is 4.90 Å². The quantitative estimate of drug-likeness (QED) is 0.207. The molecular weight excluding hydrogens is 522 g/mol. The highest BCUT2D eigenvalue weighted by atomic mass is 15.1. The predicted octanol–water partition coefficient (Wildman–Crippen LogP) is 10.8. The summed E-state index contributed by atoms with van der Waals surface area (Å²) in [7, 11) is 0. The Morgan fingerprint density at radius 1 is 0.442 bits per heavy atom. The van der Waals surface area contributed by atoms with Crippen LogP contribution in [0.3, 0.4) is 0 Å². The van der Waals surface area contributed by atoms with Crippen LogP contribution in [-0.2, 0) is 0 Å². The van der Waals surface area contributed by atoms with E-state index in [2.05, 4.69) is 180 Å². The van der Waals surface area contributed by atoms with Crippen molar-refractivity contribution in [3.8, 4) is 11.4 Å². The molecule has 8 rings (SSSR count). The zero-order chi connectivity index (χ0) is 28.9. The molecule has 0 unspecified atom stereocenters. The van der Waals surface area contributed by atoms with Crippen molar-refractivity contribution in [2.75, 3.05) is 4.90 Å². The van der Waals surface area contributed by atoms with E-state index in [0.717, 1.165) is 22.7 Å². The standard InChI is InChI=1S/C40H31N3/c1-28-12-16-32(17-13-28)42(33-18-14-29(2)15-19-33)34-20-22-35(23-21-34)43-38-11-7-6-10-36(38)37-27-39-30(26-40(37)43)24-25-41(39)31-8-4-3-5-9-31/h3-27H,1-2H3. The molecule has 0 N–H and O–H groups in total. The highest BCUT2D eigenvalue weighted by Gasteiger charge is 2.17.